The quantitative estimate of drug-likeness (QED) is 0.587. The van der Waals surface area contributed by atoms with Gasteiger partial charge in [0.1, 0.15) is 5.60 Å². The molecule has 0 aliphatic carbocycles. The second kappa shape index (κ2) is 6.62. The average Bonchev–Trinajstić information content (AvgIpc) is 2.15. The van der Waals surface area contributed by atoms with Crippen molar-refractivity contribution in [2.75, 3.05) is 7.05 Å². The molecule has 0 saturated carbocycles. The summed E-state index contributed by atoms with van der Waals surface area (Å²) < 4.78 is 0. The van der Waals surface area contributed by atoms with Crippen LogP contribution in [0.3, 0.4) is 0 Å². The number of hydrogen-bond acceptors (Lipinski definition) is 3. The Morgan fingerprint density at radius 2 is 2.00 bits per heavy atom. The second-order valence-electron chi connectivity index (χ2n) is 4.37. The van der Waals surface area contributed by atoms with Crippen molar-refractivity contribution in [1.29, 1.82) is 0 Å². The first-order valence-electron chi connectivity index (χ1n) is 5.39. The lowest BCUT2D eigenvalue weighted by Gasteiger charge is -2.20. The number of aliphatic imine (C=N–C) groups is 1. The van der Waals surface area contributed by atoms with Crippen molar-refractivity contribution in [1.82, 2.24) is 0 Å². The number of allylic oxidation sites excluding steroid dienone is 4. The fourth-order valence-electron chi connectivity index (χ4n) is 1.49. The number of aliphatic hydroxyl groups is 1. The van der Waals surface area contributed by atoms with Crippen LogP contribution < -0.4 is 5.73 Å². The Morgan fingerprint density at radius 3 is 2.35 bits per heavy atom. The lowest BCUT2D eigenvalue weighted by atomic mass is 9.97. The lowest BCUT2D eigenvalue weighted by Crippen LogP contribution is -2.35. The minimum Gasteiger partial charge on any atom is -0.397 e. The molecule has 0 aromatic carbocycles. The molecule has 0 aromatic rings. The monoisotopic (exact) mass is 256 g/mol. The van der Waals surface area contributed by atoms with Crippen molar-refractivity contribution in [3.63, 3.8) is 0 Å². The van der Waals surface area contributed by atoms with Crippen molar-refractivity contribution < 1.29 is 5.11 Å². The van der Waals surface area contributed by atoms with E-state index < -0.39 is 5.60 Å². The topological polar surface area (TPSA) is 58.6 Å². The highest BCUT2D eigenvalue weighted by molar-refractivity contribution is 6.31. The fourth-order valence-corrected chi connectivity index (χ4v) is 1.68. The number of nitrogens with zero attached hydrogens (tertiary/aromatic N) is 1. The van der Waals surface area contributed by atoms with E-state index in [2.05, 4.69) is 11.6 Å². The highest BCUT2D eigenvalue weighted by atomic mass is 35.5. The van der Waals surface area contributed by atoms with E-state index in [0.29, 0.717) is 16.4 Å². The number of nitrogens with two attached hydrogens (primary N) is 1. The Hall–Kier alpha value is -1.06. The maximum absolute atomic E-state index is 9.88. The summed E-state index contributed by atoms with van der Waals surface area (Å²) in [6.07, 6.45) is 5.18. The molecule has 0 spiro atoms. The summed E-state index contributed by atoms with van der Waals surface area (Å²) >= 11 is 5.84. The van der Waals surface area contributed by atoms with Gasteiger partial charge >= 0.3 is 0 Å². The predicted molar refractivity (Wildman–Crippen MR) is 75.2 cm³/mol. The SMILES string of the molecule is C=C/C(Cl)=C/C(C)/C=C(N)\C(=N/C)C(C)(C)O. The maximum atomic E-state index is 9.88. The Balaban J connectivity index is 5.04. The molecule has 0 bridgehead atoms. The van der Waals surface area contributed by atoms with Crippen LogP contribution in [0.4, 0.5) is 0 Å². The molecule has 0 aliphatic rings. The third-order valence-corrected chi connectivity index (χ3v) is 2.42. The van der Waals surface area contributed by atoms with Gasteiger partial charge in [-0.25, -0.2) is 0 Å². The van der Waals surface area contributed by atoms with Gasteiger partial charge in [0, 0.05) is 12.1 Å². The molecule has 0 amide bonds. The number of halogens is 1. The maximum Gasteiger partial charge on any atom is 0.103 e. The molecule has 96 valence electrons. The van der Waals surface area contributed by atoms with Gasteiger partial charge in [-0.15, -0.1) is 0 Å². The van der Waals surface area contributed by atoms with Crippen molar-refractivity contribution in [3.8, 4) is 0 Å². The van der Waals surface area contributed by atoms with Crippen LogP contribution in [0.5, 0.6) is 0 Å². The average molecular weight is 257 g/mol. The minimum atomic E-state index is -1.05. The molecule has 4 heteroatoms. The smallest absolute Gasteiger partial charge is 0.103 e. The number of rotatable bonds is 5. The summed E-state index contributed by atoms with van der Waals surface area (Å²) in [5, 5.41) is 10.4. The lowest BCUT2D eigenvalue weighted by molar-refractivity contribution is 0.154. The van der Waals surface area contributed by atoms with Crippen molar-refractivity contribution in [3.05, 3.63) is 35.5 Å². The first kappa shape index (κ1) is 15.9. The van der Waals surface area contributed by atoms with E-state index in [1.807, 2.05) is 13.0 Å². The van der Waals surface area contributed by atoms with Crippen molar-refractivity contribution in [2.24, 2.45) is 16.6 Å². The van der Waals surface area contributed by atoms with E-state index in [1.54, 1.807) is 33.0 Å². The predicted octanol–water partition coefficient (Wildman–Crippen LogP) is 2.62. The van der Waals surface area contributed by atoms with E-state index in [9.17, 15) is 5.11 Å². The molecule has 0 aromatic heterocycles. The fraction of sp³-hybridized carbons (Fsp3) is 0.462. The van der Waals surface area contributed by atoms with E-state index in [0.717, 1.165) is 0 Å². The molecule has 3 N–H and O–H groups in total. The third kappa shape index (κ3) is 5.71. The van der Waals surface area contributed by atoms with Crippen LogP contribution in [0.2, 0.25) is 0 Å². The van der Waals surface area contributed by atoms with Crippen molar-refractivity contribution in [2.45, 2.75) is 26.4 Å². The Bertz CT molecular complexity index is 362. The van der Waals surface area contributed by atoms with E-state index >= 15 is 0 Å². The summed E-state index contributed by atoms with van der Waals surface area (Å²) in [5.74, 6) is 0.0413. The molecule has 3 nitrogen and oxygen atoms in total. The van der Waals surface area contributed by atoms with Crippen LogP contribution in [0, 0.1) is 5.92 Å². The highest BCUT2D eigenvalue weighted by Gasteiger charge is 2.22. The zero-order valence-electron chi connectivity index (χ0n) is 10.9. The molecule has 0 rings (SSSR count). The van der Waals surface area contributed by atoms with Gasteiger partial charge in [0.05, 0.1) is 11.4 Å². The van der Waals surface area contributed by atoms with Gasteiger partial charge in [0.25, 0.3) is 0 Å². The van der Waals surface area contributed by atoms with Gasteiger partial charge in [-0.3, -0.25) is 4.99 Å². The van der Waals surface area contributed by atoms with Gasteiger partial charge in [-0.05, 0) is 19.8 Å². The summed E-state index contributed by atoms with van der Waals surface area (Å²) in [6, 6.07) is 0. The Morgan fingerprint density at radius 1 is 1.47 bits per heavy atom. The van der Waals surface area contributed by atoms with Crippen LogP contribution in [0.25, 0.3) is 0 Å². The zero-order chi connectivity index (χ0) is 13.6. The van der Waals surface area contributed by atoms with Gasteiger partial charge in [0.15, 0.2) is 0 Å². The minimum absolute atomic E-state index is 0.0413. The van der Waals surface area contributed by atoms with Crippen LogP contribution in [-0.4, -0.2) is 23.5 Å². The largest absolute Gasteiger partial charge is 0.397 e. The molecule has 0 saturated heterocycles. The van der Waals surface area contributed by atoms with Gasteiger partial charge in [-0.1, -0.05) is 43.3 Å². The summed E-state index contributed by atoms with van der Waals surface area (Å²) in [7, 11) is 1.60. The molecule has 0 heterocycles. The Kier molecular flexibility index (Phi) is 6.21. The first-order chi connectivity index (χ1) is 7.72. The molecular formula is C13H21ClN2O. The van der Waals surface area contributed by atoms with Crippen molar-refractivity contribution >= 4 is 17.3 Å². The standard InChI is InChI=1S/C13H21ClN2O/c1-6-10(14)7-9(2)8-11(15)12(16-5)13(3,4)17/h6-9,17H,1,15H2,2-5H3/b10-7-,11-8+,16-12+. The molecule has 1 unspecified atom stereocenters. The molecule has 0 radical (unpaired) electrons. The zero-order valence-corrected chi connectivity index (χ0v) is 11.6. The molecule has 0 aliphatic heterocycles. The molecule has 0 fully saturated rings. The van der Waals surface area contributed by atoms with Crippen LogP contribution in [0.1, 0.15) is 20.8 Å². The van der Waals surface area contributed by atoms with Gasteiger partial charge in [0.2, 0.25) is 0 Å². The third-order valence-electron chi connectivity index (χ3n) is 2.14. The van der Waals surface area contributed by atoms with Gasteiger partial charge in [-0.2, -0.15) is 0 Å². The normalized spacial score (nSPS) is 16.9. The Labute approximate surface area is 108 Å². The van der Waals surface area contributed by atoms with Crippen LogP contribution in [0.15, 0.2) is 40.5 Å². The first-order valence-corrected chi connectivity index (χ1v) is 5.77. The van der Waals surface area contributed by atoms with E-state index in [1.165, 1.54) is 0 Å². The van der Waals surface area contributed by atoms with Crippen LogP contribution in [-0.2, 0) is 0 Å². The van der Waals surface area contributed by atoms with E-state index in [4.69, 9.17) is 17.3 Å². The molecule has 1 atom stereocenters. The van der Waals surface area contributed by atoms with Crippen LogP contribution >= 0.6 is 11.6 Å². The summed E-state index contributed by atoms with van der Waals surface area (Å²) in [4.78, 5) is 4.01. The summed E-state index contributed by atoms with van der Waals surface area (Å²) in [5.41, 5.74) is 5.77. The molecular weight excluding hydrogens is 236 g/mol. The second-order valence-corrected chi connectivity index (χ2v) is 4.80. The van der Waals surface area contributed by atoms with E-state index in [-0.39, 0.29) is 5.92 Å². The number of hydrogen-bond donors (Lipinski definition) is 2. The van der Waals surface area contributed by atoms with Gasteiger partial charge < -0.3 is 10.8 Å². The summed E-state index contributed by atoms with van der Waals surface area (Å²) in [6.45, 7) is 8.80. The molecule has 17 heavy (non-hydrogen) atoms. The highest BCUT2D eigenvalue weighted by Crippen LogP contribution is 2.14.